The van der Waals surface area contributed by atoms with Gasteiger partial charge in [0.2, 0.25) is 0 Å². The van der Waals surface area contributed by atoms with Crippen LogP contribution < -0.4 is 5.48 Å². The van der Waals surface area contributed by atoms with Crippen molar-refractivity contribution < 1.29 is 38.5 Å². The van der Waals surface area contributed by atoms with Gasteiger partial charge in [0.25, 0.3) is 0 Å². The van der Waals surface area contributed by atoms with Crippen LogP contribution >= 0.6 is 0 Å². The first-order valence-electron chi connectivity index (χ1n) is 10.7. The molecule has 0 aromatic heterocycles. The number of hydrogen-bond acceptors (Lipinski definition) is 9. The Morgan fingerprint density at radius 2 is 1.56 bits per heavy atom. The molecule has 0 unspecified atom stereocenters. The molecule has 0 saturated carbocycles. The highest BCUT2D eigenvalue weighted by atomic mass is 16.6. The zero-order chi connectivity index (χ0) is 24.5. The number of nitrogens with one attached hydrogen (secondary N) is 1. The Balaban J connectivity index is 1.73. The predicted molar refractivity (Wildman–Crippen MR) is 119 cm³/mol. The highest BCUT2D eigenvalue weighted by Crippen LogP contribution is 2.29. The molecule has 0 bridgehead atoms. The van der Waals surface area contributed by atoms with Gasteiger partial charge >= 0.3 is 18.0 Å². The fourth-order valence-corrected chi connectivity index (χ4v) is 3.77. The molecular formula is C24H28N2O8. The molecule has 1 fully saturated rings. The number of ether oxygens (including phenoxy) is 3. The van der Waals surface area contributed by atoms with E-state index in [-0.39, 0.29) is 19.8 Å². The Hall–Kier alpha value is -3.47. The molecule has 1 saturated heterocycles. The molecule has 10 heteroatoms. The molecule has 10 nitrogen and oxygen atoms in total. The van der Waals surface area contributed by atoms with Crippen molar-refractivity contribution in [3.05, 3.63) is 71.8 Å². The number of esters is 2. The average molecular weight is 472 g/mol. The lowest BCUT2D eigenvalue weighted by Crippen LogP contribution is -2.49. The van der Waals surface area contributed by atoms with E-state index in [9.17, 15) is 19.5 Å². The van der Waals surface area contributed by atoms with Crippen LogP contribution in [-0.4, -0.2) is 67.0 Å². The van der Waals surface area contributed by atoms with Gasteiger partial charge in [-0.05, 0) is 11.1 Å². The standard InChI is InChI=1S/C24H28N2O8/c1-31-22(28)19(25-34-15-17-11-7-4-8-12-17)18-13-26(20(21(18)27)23(29)32-2)24(30)33-14-16-9-5-3-6-10-16/h3-12,18-21,25,27H,13-15H2,1-2H3/t18-,19-,20-,21-/m0/s1. The minimum atomic E-state index is -1.44. The smallest absolute Gasteiger partial charge is 0.410 e. The van der Waals surface area contributed by atoms with Crippen LogP contribution in [0.2, 0.25) is 0 Å². The molecule has 1 heterocycles. The first-order chi connectivity index (χ1) is 16.5. The fourth-order valence-electron chi connectivity index (χ4n) is 3.77. The van der Waals surface area contributed by atoms with Crippen LogP contribution in [0, 0.1) is 5.92 Å². The average Bonchev–Trinajstić information content (AvgIpc) is 3.22. The number of methoxy groups -OCH3 is 2. The van der Waals surface area contributed by atoms with E-state index in [1.807, 2.05) is 36.4 Å². The molecular weight excluding hydrogens is 444 g/mol. The zero-order valence-corrected chi connectivity index (χ0v) is 19.0. The normalized spacial score (nSPS) is 20.4. The largest absolute Gasteiger partial charge is 0.468 e. The summed E-state index contributed by atoms with van der Waals surface area (Å²) in [7, 11) is 2.34. The maximum atomic E-state index is 12.8. The lowest BCUT2D eigenvalue weighted by Gasteiger charge is -2.24. The van der Waals surface area contributed by atoms with Crippen LogP contribution in [0.5, 0.6) is 0 Å². The van der Waals surface area contributed by atoms with E-state index >= 15 is 0 Å². The molecule has 1 aliphatic rings. The number of hydrogen-bond donors (Lipinski definition) is 2. The van der Waals surface area contributed by atoms with E-state index in [4.69, 9.17) is 19.0 Å². The summed E-state index contributed by atoms with van der Waals surface area (Å²) in [6.45, 7) is -0.0554. The first kappa shape index (κ1) is 25.2. The Bertz CT molecular complexity index is 956. The second-order valence-corrected chi connectivity index (χ2v) is 7.71. The van der Waals surface area contributed by atoms with Crippen LogP contribution in [0.4, 0.5) is 4.79 Å². The number of likely N-dealkylation sites (tertiary alicyclic amines) is 1. The molecule has 2 aromatic carbocycles. The van der Waals surface area contributed by atoms with Crippen molar-refractivity contribution in [2.24, 2.45) is 5.92 Å². The van der Waals surface area contributed by atoms with Crippen molar-refractivity contribution >= 4 is 18.0 Å². The van der Waals surface area contributed by atoms with Crippen molar-refractivity contribution in [1.82, 2.24) is 10.4 Å². The number of hydroxylamine groups is 1. The van der Waals surface area contributed by atoms with Gasteiger partial charge in [-0.3, -0.25) is 14.5 Å². The van der Waals surface area contributed by atoms with Gasteiger partial charge in [-0.15, -0.1) is 0 Å². The van der Waals surface area contributed by atoms with E-state index in [2.05, 4.69) is 5.48 Å². The van der Waals surface area contributed by atoms with Crippen molar-refractivity contribution in [3.63, 3.8) is 0 Å². The second-order valence-electron chi connectivity index (χ2n) is 7.71. The fraction of sp³-hybridized carbons (Fsp3) is 0.375. The second kappa shape index (κ2) is 12.1. The van der Waals surface area contributed by atoms with Gasteiger partial charge in [-0.2, -0.15) is 5.48 Å². The van der Waals surface area contributed by atoms with Crippen molar-refractivity contribution in [3.8, 4) is 0 Å². The summed E-state index contributed by atoms with van der Waals surface area (Å²) in [5.74, 6) is -2.49. The Morgan fingerprint density at radius 3 is 2.12 bits per heavy atom. The summed E-state index contributed by atoms with van der Waals surface area (Å²) in [4.78, 5) is 44.3. The quantitative estimate of drug-likeness (QED) is 0.317. The molecule has 0 radical (unpaired) electrons. The van der Waals surface area contributed by atoms with E-state index in [1.54, 1.807) is 24.3 Å². The lowest BCUT2D eigenvalue weighted by atomic mass is 9.94. The third-order valence-electron chi connectivity index (χ3n) is 5.56. The highest BCUT2D eigenvalue weighted by molar-refractivity contribution is 5.84. The van der Waals surface area contributed by atoms with Crippen molar-refractivity contribution in [1.29, 1.82) is 0 Å². The van der Waals surface area contributed by atoms with Gasteiger partial charge < -0.3 is 19.3 Å². The highest BCUT2D eigenvalue weighted by Gasteiger charge is 2.53. The molecule has 3 rings (SSSR count). The zero-order valence-electron chi connectivity index (χ0n) is 19.0. The lowest BCUT2D eigenvalue weighted by molar-refractivity contribution is -0.154. The predicted octanol–water partition coefficient (Wildman–Crippen LogP) is 1.42. The van der Waals surface area contributed by atoms with Crippen molar-refractivity contribution in [2.45, 2.75) is 31.4 Å². The summed E-state index contributed by atoms with van der Waals surface area (Å²) in [5.41, 5.74) is 4.23. The third kappa shape index (κ3) is 6.10. The Kier molecular flexibility index (Phi) is 8.97. The number of amides is 1. The van der Waals surface area contributed by atoms with E-state index < -0.39 is 42.1 Å². The van der Waals surface area contributed by atoms with Crippen LogP contribution in [0.15, 0.2) is 60.7 Å². The molecule has 4 atom stereocenters. The number of nitrogens with zero attached hydrogens (tertiary/aromatic N) is 1. The SMILES string of the molecule is COC(=O)[C@@H](NOCc1ccccc1)[C@@H]1CN(C(=O)OCc2ccccc2)[C@H](C(=O)OC)[C@H]1O. The number of carbonyl (C=O) groups is 3. The van der Waals surface area contributed by atoms with Crippen molar-refractivity contribution in [2.75, 3.05) is 20.8 Å². The van der Waals surface area contributed by atoms with Gasteiger partial charge in [-0.1, -0.05) is 60.7 Å². The summed E-state index contributed by atoms with van der Waals surface area (Å²) in [5, 5.41) is 10.9. The number of benzene rings is 2. The van der Waals surface area contributed by atoms with E-state index in [0.29, 0.717) is 0 Å². The monoisotopic (exact) mass is 472 g/mol. The molecule has 0 aliphatic carbocycles. The summed E-state index contributed by atoms with van der Waals surface area (Å²) in [6.07, 6.45) is -2.26. The van der Waals surface area contributed by atoms with Crippen LogP contribution in [-0.2, 0) is 41.9 Å². The molecule has 34 heavy (non-hydrogen) atoms. The molecule has 2 N–H and O–H groups in total. The topological polar surface area (TPSA) is 124 Å². The molecule has 1 amide bonds. The number of aliphatic hydroxyl groups excluding tert-OH is 1. The molecule has 0 spiro atoms. The first-order valence-corrected chi connectivity index (χ1v) is 10.7. The van der Waals surface area contributed by atoms with Gasteiger partial charge in [0, 0.05) is 12.5 Å². The number of aliphatic hydroxyl groups is 1. The van der Waals surface area contributed by atoms with Crippen LogP contribution in [0.3, 0.4) is 0 Å². The minimum absolute atomic E-state index is 0.0241. The maximum Gasteiger partial charge on any atom is 0.410 e. The molecule has 1 aliphatic heterocycles. The van der Waals surface area contributed by atoms with Gasteiger partial charge in [-0.25, -0.2) is 9.59 Å². The summed E-state index contributed by atoms with van der Waals surface area (Å²) in [6, 6.07) is 15.7. The molecule has 2 aromatic rings. The van der Waals surface area contributed by atoms with Crippen LogP contribution in [0.25, 0.3) is 0 Å². The van der Waals surface area contributed by atoms with Crippen LogP contribution in [0.1, 0.15) is 11.1 Å². The Labute approximate surface area is 197 Å². The van der Waals surface area contributed by atoms with E-state index in [1.165, 1.54) is 7.11 Å². The number of rotatable bonds is 9. The van der Waals surface area contributed by atoms with Gasteiger partial charge in [0.05, 0.1) is 26.9 Å². The number of carbonyl (C=O) groups excluding carboxylic acids is 3. The Morgan fingerprint density at radius 1 is 0.971 bits per heavy atom. The van der Waals surface area contributed by atoms with Gasteiger partial charge in [0.1, 0.15) is 12.6 Å². The van der Waals surface area contributed by atoms with E-state index in [0.717, 1.165) is 23.1 Å². The van der Waals surface area contributed by atoms with Gasteiger partial charge in [0.15, 0.2) is 6.04 Å². The molecule has 182 valence electrons. The summed E-state index contributed by atoms with van der Waals surface area (Å²) >= 11 is 0. The minimum Gasteiger partial charge on any atom is -0.468 e. The summed E-state index contributed by atoms with van der Waals surface area (Å²) < 4.78 is 15.0. The maximum absolute atomic E-state index is 12.8. The third-order valence-corrected chi connectivity index (χ3v) is 5.56.